The van der Waals surface area contributed by atoms with Crippen molar-refractivity contribution < 1.29 is 4.39 Å². The predicted molar refractivity (Wildman–Crippen MR) is 85.1 cm³/mol. The van der Waals surface area contributed by atoms with E-state index in [0.29, 0.717) is 21.5 Å². The molecule has 0 atom stereocenters. The molecule has 0 aliphatic rings. The number of rotatable bonds is 1. The molecule has 2 heterocycles. The van der Waals surface area contributed by atoms with E-state index in [0.717, 1.165) is 15.7 Å². The van der Waals surface area contributed by atoms with Gasteiger partial charge >= 0.3 is 0 Å². The summed E-state index contributed by atoms with van der Waals surface area (Å²) in [5.41, 5.74) is 9.16. The molecule has 0 aliphatic heterocycles. The van der Waals surface area contributed by atoms with Gasteiger partial charge in [0.05, 0.1) is 4.47 Å². The predicted octanol–water partition coefficient (Wildman–Crippen LogP) is 4.56. The summed E-state index contributed by atoms with van der Waals surface area (Å²) in [6, 6.07) is 6.78. The first-order valence-corrected chi connectivity index (χ1v) is 7.45. The van der Waals surface area contributed by atoms with Crippen LogP contribution in [0.1, 0.15) is 5.56 Å². The molecule has 102 valence electrons. The van der Waals surface area contributed by atoms with E-state index in [2.05, 4.69) is 36.8 Å². The van der Waals surface area contributed by atoms with Crippen molar-refractivity contribution in [3.8, 4) is 11.3 Å². The van der Waals surface area contributed by atoms with Crippen LogP contribution >= 0.6 is 31.9 Å². The average molecular weight is 399 g/mol. The maximum Gasteiger partial charge on any atom is 0.139 e. The molecule has 0 amide bonds. The van der Waals surface area contributed by atoms with Crippen molar-refractivity contribution in [3.05, 3.63) is 50.8 Å². The number of imidazole rings is 1. The fraction of sp³-hybridized carbons (Fsp3) is 0.0714. The van der Waals surface area contributed by atoms with Crippen LogP contribution in [0.25, 0.3) is 16.9 Å². The molecule has 3 aromatic rings. The van der Waals surface area contributed by atoms with Crippen LogP contribution in [0.3, 0.4) is 0 Å². The summed E-state index contributed by atoms with van der Waals surface area (Å²) < 4.78 is 16.8. The van der Waals surface area contributed by atoms with Gasteiger partial charge in [-0.05, 0) is 62.5 Å². The normalized spacial score (nSPS) is 11.2. The van der Waals surface area contributed by atoms with Crippen LogP contribution in [0.4, 0.5) is 10.2 Å². The molecule has 0 radical (unpaired) electrons. The molecular weight excluding hydrogens is 389 g/mol. The van der Waals surface area contributed by atoms with Gasteiger partial charge in [0.15, 0.2) is 0 Å². The Hall–Kier alpha value is -1.40. The van der Waals surface area contributed by atoms with E-state index in [1.165, 1.54) is 6.07 Å². The second-order valence-corrected chi connectivity index (χ2v) is 6.22. The first-order valence-electron chi connectivity index (χ1n) is 5.86. The summed E-state index contributed by atoms with van der Waals surface area (Å²) in [5, 5.41) is 0. The highest BCUT2D eigenvalue weighted by Gasteiger charge is 2.13. The molecule has 20 heavy (non-hydrogen) atoms. The Balaban J connectivity index is 2.26. The smallest absolute Gasteiger partial charge is 0.139 e. The van der Waals surface area contributed by atoms with E-state index < -0.39 is 0 Å². The SMILES string of the molecule is Cc1cc2nc(-c3ccc(Br)c(F)c3)c(N)n2cc1Br. The largest absolute Gasteiger partial charge is 0.383 e. The van der Waals surface area contributed by atoms with Crippen molar-refractivity contribution in [1.82, 2.24) is 9.38 Å². The standard InChI is InChI=1S/C14H10Br2FN3/c1-7-4-12-19-13(14(18)20(12)6-10(7)16)8-2-3-9(15)11(17)5-8/h2-6H,18H2,1H3. The van der Waals surface area contributed by atoms with Gasteiger partial charge in [-0.1, -0.05) is 6.07 Å². The molecule has 2 aromatic heterocycles. The van der Waals surface area contributed by atoms with E-state index in [-0.39, 0.29) is 5.82 Å². The molecule has 0 spiro atoms. The van der Waals surface area contributed by atoms with Gasteiger partial charge in [-0.25, -0.2) is 9.37 Å². The molecule has 0 fully saturated rings. The van der Waals surface area contributed by atoms with Crippen molar-refractivity contribution in [3.63, 3.8) is 0 Å². The summed E-state index contributed by atoms with van der Waals surface area (Å²) in [5.74, 6) is 0.152. The first kappa shape index (κ1) is 13.6. The summed E-state index contributed by atoms with van der Waals surface area (Å²) in [6.07, 6.45) is 1.87. The number of benzene rings is 1. The maximum absolute atomic E-state index is 13.7. The highest BCUT2D eigenvalue weighted by molar-refractivity contribution is 9.10. The minimum Gasteiger partial charge on any atom is -0.383 e. The zero-order valence-electron chi connectivity index (χ0n) is 10.5. The second-order valence-electron chi connectivity index (χ2n) is 4.51. The zero-order chi connectivity index (χ0) is 14.4. The number of hydrogen-bond donors (Lipinski definition) is 1. The van der Waals surface area contributed by atoms with Crippen LogP contribution in [0.2, 0.25) is 0 Å². The quantitative estimate of drug-likeness (QED) is 0.653. The monoisotopic (exact) mass is 397 g/mol. The van der Waals surface area contributed by atoms with E-state index >= 15 is 0 Å². The summed E-state index contributed by atoms with van der Waals surface area (Å²) in [4.78, 5) is 4.49. The lowest BCUT2D eigenvalue weighted by Crippen LogP contribution is -1.95. The van der Waals surface area contributed by atoms with Crippen molar-refractivity contribution in [1.29, 1.82) is 0 Å². The minimum atomic E-state index is -0.337. The Morgan fingerprint density at radius 1 is 1.20 bits per heavy atom. The highest BCUT2D eigenvalue weighted by Crippen LogP contribution is 2.30. The van der Waals surface area contributed by atoms with Crippen molar-refractivity contribution in [2.45, 2.75) is 6.92 Å². The van der Waals surface area contributed by atoms with Gasteiger partial charge in [0.25, 0.3) is 0 Å². The third-order valence-electron chi connectivity index (χ3n) is 3.13. The van der Waals surface area contributed by atoms with Crippen molar-refractivity contribution >= 4 is 43.3 Å². The Kier molecular flexibility index (Phi) is 3.30. The third-order valence-corrected chi connectivity index (χ3v) is 4.61. The average Bonchev–Trinajstić information content (AvgIpc) is 2.71. The molecule has 0 bridgehead atoms. The summed E-state index contributed by atoms with van der Waals surface area (Å²) >= 11 is 6.60. The number of nitrogens with two attached hydrogens (primary N) is 1. The Morgan fingerprint density at radius 2 is 1.95 bits per heavy atom. The topological polar surface area (TPSA) is 43.3 Å². The number of nitrogen functional groups attached to an aromatic ring is 1. The van der Waals surface area contributed by atoms with Crippen molar-refractivity contribution in [2.75, 3.05) is 5.73 Å². The first-order chi connectivity index (χ1) is 9.47. The molecule has 2 N–H and O–H groups in total. The van der Waals surface area contributed by atoms with Gasteiger partial charge in [-0.2, -0.15) is 0 Å². The maximum atomic E-state index is 13.7. The molecule has 0 saturated carbocycles. The van der Waals surface area contributed by atoms with Gasteiger partial charge in [0.1, 0.15) is 23.0 Å². The zero-order valence-corrected chi connectivity index (χ0v) is 13.7. The van der Waals surface area contributed by atoms with Crippen LogP contribution < -0.4 is 5.73 Å². The van der Waals surface area contributed by atoms with Crippen LogP contribution in [0.15, 0.2) is 39.4 Å². The Labute approximate surface area is 131 Å². The summed E-state index contributed by atoms with van der Waals surface area (Å²) in [7, 11) is 0. The summed E-state index contributed by atoms with van der Waals surface area (Å²) in [6.45, 7) is 1.98. The molecule has 6 heteroatoms. The fourth-order valence-corrected chi connectivity index (χ4v) is 2.60. The number of anilines is 1. The van der Waals surface area contributed by atoms with Crippen LogP contribution in [0, 0.1) is 12.7 Å². The minimum absolute atomic E-state index is 0.337. The third kappa shape index (κ3) is 2.13. The fourth-order valence-electron chi connectivity index (χ4n) is 2.03. The lowest BCUT2D eigenvalue weighted by molar-refractivity contribution is 0.621. The van der Waals surface area contributed by atoms with Crippen LogP contribution in [-0.4, -0.2) is 9.38 Å². The van der Waals surface area contributed by atoms with Gasteiger partial charge in [0, 0.05) is 16.2 Å². The number of pyridine rings is 1. The molecule has 3 rings (SSSR count). The number of fused-ring (bicyclic) bond motifs is 1. The van der Waals surface area contributed by atoms with Crippen LogP contribution in [-0.2, 0) is 0 Å². The van der Waals surface area contributed by atoms with Gasteiger partial charge < -0.3 is 5.73 Å². The number of aromatic nitrogens is 2. The van der Waals surface area contributed by atoms with Gasteiger partial charge in [-0.3, -0.25) is 4.40 Å². The molecule has 0 saturated heterocycles. The number of nitrogens with zero attached hydrogens (tertiary/aromatic N) is 2. The highest BCUT2D eigenvalue weighted by atomic mass is 79.9. The number of aryl methyl sites for hydroxylation is 1. The van der Waals surface area contributed by atoms with Crippen molar-refractivity contribution in [2.24, 2.45) is 0 Å². The lowest BCUT2D eigenvalue weighted by Gasteiger charge is -2.02. The second kappa shape index (κ2) is 4.86. The lowest BCUT2D eigenvalue weighted by atomic mass is 10.1. The van der Waals surface area contributed by atoms with Gasteiger partial charge in [-0.15, -0.1) is 0 Å². The molecule has 3 nitrogen and oxygen atoms in total. The number of hydrogen-bond acceptors (Lipinski definition) is 2. The molecule has 1 aromatic carbocycles. The molecular formula is C14H10Br2FN3. The Morgan fingerprint density at radius 3 is 2.65 bits per heavy atom. The van der Waals surface area contributed by atoms with Gasteiger partial charge in [0.2, 0.25) is 0 Å². The van der Waals surface area contributed by atoms with E-state index in [4.69, 9.17) is 5.73 Å². The Bertz CT molecular complexity index is 827. The molecule has 0 unspecified atom stereocenters. The van der Waals surface area contributed by atoms with Crippen LogP contribution in [0.5, 0.6) is 0 Å². The molecule has 0 aliphatic carbocycles. The van der Waals surface area contributed by atoms with E-state index in [1.807, 2.05) is 19.2 Å². The van der Waals surface area contributed by atoms with E-state index in [1.54, 1.807) is 16.5 Å². The number of halogens is 3. The van der Waals surface area contributed by atoms with E-state index in [9.17, 15) is 4.39 Å².